The summed E-state index contributed by atoms with van der Waals surface area (Å²) in [6, 6.07) is 5.57. The largest absolute Gasteiger partial charge is 0.274 e. The number of rotatable bonds is 1. The van der Waals surface area contributed by atoms with Crippen LogP contribution in [0.1, 0.15) is 6.92 Å². The molecule has 3 nitrogen and oxygen atoms in total. The highest BCUT2D eigenvalue weighted by atomic mass is 79.9. The number of fused-ring (bicyclic) bond motifs is 1. The molecule has 0 atom stereocenters. The number of aryl methyl sites for hydroxylation is 1. The molecule has 2 aromatic rings. The summed E-state index contributed by atoms with van der Waals surface area (Å²) in [6.45, 7) is 2.50. The van der Waals surface area contributed by atoms with Crippen molar-refractivity contribution in [3.8, 4) is 0 Å². The number of benzene rings is 1. The third-order valence-electron chi connectivity index (χ3n) is 2.11. The van der Waals surface area contributed by atoms with E-state index in [9.17, 15) is 4.79 Å². The van der Waals surface area contributed by atoms with Gasteiger partial charge in [-0.15, -0.1) is 0 Å². The van der Waals surface area contributed by atoms with Crippen LogP contribution in [0.25, 0.3) is 10.8 Å². The van der Waals surface area contributed by atoms with E-state index in [1.807, 2.05) is 25.1 Å². The van der Waals surface area contributed by atoms with Crippen LogP contribution in [0.3, 0.4) is 0 Å². The van der Waals surface area contributed by atoms with E-state index in [4.69, 9.17) is 0 Å². The number of halogens is 1. The summed E-state index contributed by atoms with van der Waals surface area (Å²) >= 11 is 3.36. The molecule has 14 heavy (non-hydrogen) atoms. The maximum absolute atomic E-state index is 11.8. The molecule has 0 radical (unpaired) electrons. The zero-order chi connectivity index (χ0) is 10.1. The van der Waals surface area contributed by atoms with Crippen molar-refractivity contribution in [2.24, 2.45) is 0 Å². The predicted octanol–water partition coefficient (Wildman–Crippen LogP) is 2.18. The summed E-state index contributed by atoms with van der Waals surface area (Å²) < 4.78 is 2.41. The normalized spacial score (nSPS) is 10.7. The molecule has 0 fully saturated rings. The van der Waals surface area contributed by atoms with Crippen molar-refractivity contribution in [2.75, 3.05) is 0 Å². The third-order valence-corrected chi connectivity index (χ3v) is 2.61. The van der Waals surface area contributed by atoms with Crippen LogP contribution in [0, 0.1) is 0 Å². The van der Waals surface area contributed by atoms with Gasteiger partial charge in [-0.05, 0) is 25.1 Å². The number of aromatic nitrogens is 2. The molecule has 0 bridgehead atoms. The first-order valence-corrected chi connectivity index (χ1v) is 5.17. The van der Waals surface area contributed by atoms with Gasteiger partial charge >= 0.3 is 0 Å². The number of hydrogen-bond acceptors (Lipinski definition) is 2. The van der Waals surface area contributed by atoms with Crippen LogP contribution in [0.15, 0.2) is 33.7 Å². The molecule has 4 heteroatoms. The van der Waals surface area contributed by atoms with Crippen molar-refractivity contribution in [2.45, 2.75) is 13.5 Å². The Kier molecular flexibility index (Phi) is 2.37. The predicted molar refractivity (Wildman–Crippen MR) is 59.4 cm³/mol. The molecule has 0 aliphatic carbocycles. The maximum Gasteiger partial charge on any atom is 0.274 e. The topological polar surface area (TPSA) is 34.9 Å². The lowest BCUT2D eigenvalue weighted by Gasteiger charge is -2.02. The summed E-state index contributed by atoms with van der Waals surface area (Å²) in [7, 11) is 0. The lowest BCUT2D eigenvalue weighted by molar-refractivity contribution is 0.623. The molecule has 0 spiro atoms. The van der Waals surface area contributed by atoms with Crippen molar-refractivity contribution >= 4 is 26.7 Å². The zero-order valence-electron chi connectivity index (χ0n) is 7.70. The highest BCUT2D eigenvalue weighted by Gasteiger charge is 2.02. The molecule has 0 unspecified atom stereocenters. The van der Waals surface area contributed by atoms with E-state index in [-0.39, 0.29) is 5.56 Å². The van der Waals surface area contributed by atoms with Gasteiger partial charge in [0, 0.05) is 16.4 Å². The monoisotopic (exact) mass is 252 g/mol. The van der Waals surface area contributed by atoms with Gasteiger partial charge in [-0.1, -0.05) is 15.9 Å². The molecule has 0 aliphatic rings. The quantitative estimate of drug-likeness (QED) is 0.780. The summed E-state index contributed by atoms with van der Waals surface area (Å²) in [6.07, 6.45) is 1.71. The van der Waals surface area contributed by atoms with Gasteiger partial charge in [-0.3, -0.25) is 4.79 Å². The minimum Gasteiger partial charge on any atom is -0.267 e. The van der Waals surface area contributed by atoms with E-state index in [1.54, 1.807) is 6.20 Å². The Bertz CT molecular complexity index is 533. The molecule has 2 rings (SSSR count). The fourth-order valence-electron chi connectivity index (χ4n) is 1.38. The van der Waals surface area contributed by atoms with E-state index in [0.29, 0.717) is 11.9 Å². The van der Waals surface area contributed by atoms with Crippen molar-refractivity contribution < 1.29 is 0 Å². The minimum absolute atomic E-state index is 0.0301. The molecule has 1 heterocycles. The van der Waals surface area contributed by atoms with Crippen LogP contribution >= 0.6 is 15.9 Å². The Labute approximate surface area is 89.5 Å². The third kappa shape index (κ3) is 1.46. The van der Waals surface area contributed by atoms with Crippen molar-refractivity contribution in [3.63, 3.8) is 0 Å². The SMILES string of the molecule is CCn1ncc2cc(Br)ccc2c1=O. The second-order valence-corrected chi connectivity index (χ2v) is 3.91. The molecule has 1 aromatic heterocycles. The molecular formula is C10H9BrN2O. The van der Waals surface area contributed by atoms with Crippen LogP contribution < -0.4 is 5.56 Å². The molecule has 1 aromatic carbocycles. The number of hydrogen-bond donors (Lipinski definition) is 0. The minimum atomic E-state index is -0.0301. The van der Waals surface area contributed by atoms with Crippen molar-refractivity contribution in [1.29, 1.82) is 0 Å². The molecule has 72 valence electrons. The van der Waals surface area contributed by atoms with Gasteiger partial charge in [-0.2, -0.15) is 5.10 Å². The Morgan fingerprint density at radius 1 is 1.50 bits per heavy atom. The smallest absolute Gasteiger partial charge is 0.267 e. The van der Waals surface area contributed by atoms with Crippen LogP contribution in [0.2, 0.25) is 0 Å². The summed E-state index contributed by atoms with van der Waals surface area (Å²) in [5, 5.41) is 5.63. The second-order valence-electron chi connectivity index (χ2n) is 3.00. The van der Waals surface area contributed by atoms with Crippen LogP contribution in [-0.2, 0) is 6.54 Å². The highest BCUT2D eigenvalue weighted by molar-refractivity contribution is 9.10. The summed E-state index contributed by atoms with van der Waals surface area (Å²) in [5.74, 6) is 0. The maximum atomic E-state index is 11.8. The average Bonchev–Trinajstić information content (AvgIpc) is 2.18. The fraction of sp³-hybridized carbons (Fsp3) is 0.200. The Morgan fingerprint density at radius 2 is 2.29 bits per heavy atom. The lowest BCUT2D eigenvalue weighted by Crippen LogP contribution is -2.21. The van der Waals surface area contributed by atoms with E-state index in [1.165, 1.54) is 4.68 Å². The van der Waals surface area contributed by atoms with E-state index < -0.39 is 0 Å². The van der Waals surface area contributed by atoms with Gasteiger partial charge in [0.05, 0.1) is 11.6 Å². The Morgan fingerprint density at radius 3 is 3.00 bits per heavy atom. The van der Waals surface area contributed by atoms with Crippen LogP contribution in [0.5, 0.6) is 0 Å². The van der Waals surface area contributed by atoms with Gasteiger partial charge in [0.2, 0.25) is 0 Å². The van der Waals surface area contributed by atoms with E-state index in [2.05, 4.69) is 21.0 Å². The van der Waals surface area contributed by atoms with Crippen LogP contribution in [0.4, 0.5) is 0 Å². The highest BCUT2D eigenvalue weighted by Crippen LogP contribution is 2.15. The van der Waals surface area contributed by atoms with Crippen molar-refractivity contribution in [1.82, 2.24) is 9.78 Å². The van der Waals surface area contributed by atoms with Gasteiger partial charge in [0.15, 0.2) is 0 Å². The molecule has 0 amide bonds. The fourth-order valence-corrected chi connectivity index (χ4v) is 1.76. The van der Waals surface area contributed by atoms with E-state index in [0.717, 1.165) is 9.86 Å². The molecule has 0 N–H and O–H groups in total. The van der Waals surface area contributed by atoms with E-state index >= 15 is 0 Å². The van der Waals surface area contributed by atoms with Gasteiger partial charge in [0.25, 0.3) is 5.56 Å². The molecule has 0 saturated heterocycles. The average molecular weight is 253 g/mol. The van der Waals surface area contributed by atoms with Gasteiger partial charge in [-0.25, -0.2) is 4.68 Å². The van der Waals surface area contributed by atoms with Gasteiger partial charge < -0.3 is 0 Å². The van der Waals surface area contributed by atoms with Crippen molar-refractivity contribution in [3.05, 3.63) is 39.2 Å². The lowest BCUT2D eigenvalue weighted by atomic mass is 10.2. The summed E-state index contributed by atoms with van der Waals surface area (Å²) in [5.41, 5.74) is -0.0301. The second kappa shape index (κ2) is 3.53. The first-order valence-electron chi connectivity index (χ1n) is 4.37. The molecular weight excluding hydrogens is 244 g/mol. The van der Waals surface area contributed by atoms with Gasteiger partial charge in [0.1, 0.15) is 0 Å². The first kappa shape index (κ1) is 9.40. The first-order chi connectivity index (χ1) is 6.72. The molecule has 0 saturated carbocycles. The Balaban J connectivity index is 2.84. The zero-order valence-corrected chi connectivity index (χ0v) is 9.28. The number of nitrogens with zero attached hydrogens (tertiary/aromatic N) is 2. The summed E-state index contributed by atoms with van der Waals surface area (Å²) in [4.78, 5) is 11.8. The Hall–Kier alpha value is -1.16. The molecule has 0 aliphatic heterocycles. The standard InChI is InChI=1S/C10H9BrN2O/c1-2-13-10(14)9-4-3-8(11)5-7(9)6-12-13/h3-6H,2H2,1H3. The van der Waals surface area contributed by atoms with Crippen LogP contribution in [-0.4, -0.2) is 9.78 Å².